The number of hydrogen-bond acceptors (Lipinski definition) is 1. The van der Waals surface area contributed by atoms with Crippen LogP contribution >= 0.6 is 0 Å². The van der Waals surface area contributed by atoms with Crippen molar-refractivity contribution in [1.82, 2.24) is 0 Å². The van der Waals surface area contributed by atoms with E-state index in [9.17, 15) is 0 Å². The lowest BCUT2D eigenvalue weighted by molar-refractivity contribution is 0.577. The summed E-state index contributed by atoms with van der Waals surface area (Å²) in [7, 11) is -1.44. The molecule has 0 aliphatic rings. The highest BCUT2D eigenvalue weighted by atomic mass is 28.3. The predicted molar refractivity (Wildman–Crippen MR) is 39.3 cm³/mol. The van der Waals surface area contributed by atoms with Gasteiger partial charge in [-0.2, -0.15) is 0 Å². The summed E-state index contributed by atoms with van der Waals surface area (Å²) in [4.78, 5) is 9.01. The van der Waals surface area contributed by atoms with Crippen molar-refractivity contribution >= 4 is 9.04 Å². The first-order chi connectivity index (χ1) is 3.81. The molecule has 0 aliphatic heterocycles. The standard InChI is InChI=1S/C6H14OSi/c1-3-5-6-8(7)4-2/h4,7-8H,2-3,5-6H2,1H3. The molecule has 0 radical (unpaired) electrons. The summed E-state index contributed by atoms with van der Waals surface area (Å²) in [6.45, 7) is 5.65. The maximum atomic E-state index is 9.01. The molecule has 1 atom stereocenters. The Bertz CT molecular complexity index is 63.5. The van der Waals surface area contributed by atoms with Gasteiger partial charge >= 0.3 is 0 Å². The van der Waals surface area contributed by atoms with Gasteiger partial charge in [0.05, 0.1) is 0 Å². The fourth-order valence-corrected chi connectivity index (χ4v) is 1.59. The second kappa shape index (κ2) is 5.06. The van der Waals surface area contributed by atoms with E-state index in [0.717, 1.165) is 12.5 Å². The normalized spacial score (nSPS) is 13.2. The molecule has 0 saturated heterocycles. The van der Waals surface area contributed by atoms with Crippen LogP contribution in [0, 0.1) is 0 Å². The van der Waals surface area contributed by atoms with Crippen LogP contribution in [0.3, 0.4) is 0 Å². The van der Waals surface area contributed by atoms with Crippen molar-refractivity contribution in [3.05, 3.63) is 12.3 Å². The topological polar surface area (TPSA) is 20.2 Å². The molecule has 0 fully saturated rings. The van der Waals surface area contributed by atoms with Gasteiger partial charge in [0, 0.05) is 0 Å². The lowest BCUT2D eigenvalue weighted by atomic mass is 10.4. The van der Waals surface area contributed by atoms with Gasteiger partial charge in [0.25, 0.3) is 0 Å². The number of rotatable bonds is 4. The molecule has 0 amide bonds. The third-order valence-corrected chi connectivity index (χ3v) is 2.67. The van der Waals surface area contributed by atoms with Gasteiger partial charge in [0.1, 0.15) is 0 Å². The van der Waals surface area contributed by atoms with Crippen molar-refractivity contribution in [3.63, 3.8) is 0 Å². The average molecular weight is 130 g/mol. The molecular weight excluding hydrogens is 116 g/mol. The third kappa shape index (κ3) is 4.09. The largest absolute Gasteiger partial charge is 0.431 e. The van der Waals surface area contributed by atoms with Crippen molar-refractivity contribution in [3.8, 4) is 0 Å². The van der Waals surface area contributed by atoms with Gasteiger partial charge in [-0.15, -0.1) is 6.58 Å². The lowest BCUT2D eigenvalue weighted by Crippen LogP contribution is -2.05. The molecule has 1 nitrogen and oxygen atoms in total. The Morgan fingerprint density at radius 1 is 1.75 bits per heavy atom. The Hall–Kier alpha value is -0.0831. The number of hydrogen-bond donors (Lipinski definition) is 1. The van der Waals surface area contributed by atoms with Crippen LogP contribution in [0.25, 0.3) is 0 Å². The summed E-state index contributed by atoms with van der Waals surface area (Å²) in [5.41, 5.74) is 1.72. The van der Waals surface area contributed by atoms with Crippen molar-refractivity contribution in [1.29, 1.82) is 0 Å². The SMILES string of the molecule is C=C[SiH](O)CCCC. The van der Waals surface area contributed by atoms with Gasteiger partial charge in [-0.3, -0.25) is 0 Å². The fraction of sp³-hybridized carbons (Fsp3) is 0.667. The fourth-order valence-electron chi connectivity index (χ4n) is 0.531. The highest BCUT2D eigenvalue weighted by molar-refractivity contribution is 6.55. The Labute approximate surface area is 52.8 Å². The van der Waals surface area contributed by atoms with E-state index in [0.29, 0.717) is 0 Å². The minimum Gasteiger partial charge on any atom is -0.431 e. The maximum absolute atomic E-state index is 9.01. The molecule has 0 aromatic rings. The molecule has 0 aliphatic carbocycles. The molecule has 8 heavy (non-hydrogen) atoms. The van der Waals surface area contributed by atoms with Gasteiger partial charge in [0.2, 0.25) is 0 Å². The zero-order valence-electron chi connectivity index (χ0n) is 5.43. The second-order valence-corrected chi connectivity index (χ2v) is 4.13. The molecular formula is C6H14OSi. The van der Waals surface area contributed by atoms with Gasteiger partial charge in [-0.25, -0.2) is 0 Å². The Kier molecular flexibility index (Phi) is 5.01. The van der Waals surface area contributed by atoms with E-state index >= 15 is 0 Å². The van der Waals surface area contributed by atoms with Crippen LogP contribution in [0.15, 0.2) is 12.3 Å². The van der Waals surface area contributed by atoms with E-state index in [-0.39, 0.29) is 0 Å². The van der Waals surface area contributed by atoms with Crippen LogP contribution in [0.2, 0.25) is 6.04 Å². The van der Waals surface area contributed by atoms with E-state index in [4.69, 9.17) is 4.80 Å². The lowest BCUT2D eigenvalue weighted by Gasteiger charge is -1.97. The molecule has 1 unspecified atom stereocenters. The van der Waals surface area contributed by atoms with Gasteiger partial charge in [0.15, 0.2) is 9.04 Å². The van der Waals surface area contributed by atoms with E-state index in [1.807, 2.05) is 0 Å². The molecule has 0 spiro atoms. The Balaban J connectivity index is 2.98. The molecule has 0 aromatic heterocycles. The van der Waals surface area contributed by atoms with Crippen molar-refractivity contribution < 1.29 is 4.80 Å². The predicted octanol–water partition coefficient (Wildman–Crippen LogP) is 1.23. The molecule has 0 aromatic carbocycles. The van der Waals surface area contributed by atoms with Gasteiger partial charge < -0.3 is 4.80 Å². The molecule has 0 heterocycles. The van der Waals surface area contributed by atoms with E-state index in [1.54, 1.807) is 5.70 Å². The monoisotopic (exact) mass is 130 g/mol. The highest BCUT2D eigenvalue weighted by Crippen LogP contribution is 1.97. The Morgan fingerprint density at radius 3 is 2.75 bits per heavy atom. The highest BCUT2D eigenvalue weighted by Gasteiger charge is 1.97. The van der Waals surface area contributed by atoms with Crippen molar-refractivity contribution in [2.24, 2.45) is 0 Å². The van der Waals surface area contributed by atoms with Gasteiger partial charge in [-0.1, -0.05) is 25.5 Å². The van der Waals surface area contributed by atoms with Crippen LogP contribution < -0.4 is 0 Å². The van der Waals surface area contributed by atoms with E-state index in [2.05, 4.69) is 13.5 Å². The summed E-state index contributed by atoms with van der Waals surface area (Å²) < 4.78 is 0. The summed E-state index contributed by atoms with van der Waals surface area (Å²) >= 11 is 0. The third-order valence-electron chi connectivity index (χ3n) is 1.13. The second-order valence-electron chi connectivity index (χ2n) is 1.95. The molecule has 2 heteroatoms. The minimum atomic E-state index is -1.44. The Morgan fingerprint density at radius 2 is 2.38 bits per heavy atom. The van der Waals surface area contributed by atoms with Crippen LogP contribution in [-0.2, 0) is 0 Å². The van der Waals surface area contributed by atoms with Crippen LogP contribution in [-0.4, -0.2) is 13.8 Å². The maximum Gasteiger partial charge on any atom is 0.196 e. The first kappa shape index (κ1) is 7.92. The van der Waals surface area contributed by atoms with Crippen molar-refractivity contribution in [2.45, 2.75) is 25.8 Å². The summed E-state index contributed by atoms with van der Waals surface area (Å²) in [5, 5.41) is 0. The zero-order valence-corrected chi connectivity index (χ0v) is 6.59. The molecule has 0 bridgehead atoms. The van der Waals surface area contributed by atoms with Crippen LogP contribution in [0.4, 0.5) is 0 Å². The number of unbranched alkanes of at least 4 members (excludes halogenated alkanes) is 1. The quantitative estimate of drug-likeness (QED) is 0.567. The summed E-state index contributed by atoms with van der Waals surface area (Å²) in [6, 6.07) is 1.00. The zero-order chi connectivity index (χ0) is 6.41. The molecule has 1 N–H and O–H groups in total. The van der Waals surface area contributed by atoms with Crippen LogP contribution in [0.5, 0.6) is 0 Å². The summed E-state index contributed by atoms with van der Waals surface area (Å²) in [6.07, 6.45) is 2.33. The minimum absolute atomic E-state index is 1.00. The first-order valence-electron chi connectivity index (χ1n) is 3.12. The average Bonchev–Trinajstić information content (AvgIpc) is 1.83. The van der Waals surface area contributed by atoms with E-state index < -0.39 is 9.04 Å². The van der Waals surface area contributed by atoms with E-state index in [1.165, 1.54) is 6.42 Å². The first-order valence-corrected chi connectivity index (χ1v) is 5.11. The smallest absolute Gasteiger partial charge is 0.196 e. The molecule has 0 rings (SSSR count). The van der Waals surface area contributed by atoms with Crippen molar-refractivity contribution in [2.75, 3.05) is 0 Å². The molecule has 48 valence electrons. The van der Waals surface area contributed by atoms with Gasteiger partial charge in [-0.05, 0) is 6.04 Å². The summed E-state index contributed by atoms with van der Waals surface area (Å²) in [5.74, 6) is 0. The van der Waals surface area contributed by atoms with Crippen LogP contribution in [0.1, 0.15) is 19.8 Å². The molecule has 0 saturated carbocycles.